The van der Waals surface area contributed by atoms with Crippen LogP contribution < -0.4 is 5.32 Å². The third-order valence-corrected chi connectivity index (χ3v) is 5.59. The lowest BCUT2D eigenvalue weighted by molar-refractivity contribution is 0.151. The highest BCUT2D eigenvalue weighted by molar-refractivity contribution is 5.44. The van der Waals surface area contributed by atoms with Crippen molar-refractivity contribution in [3.05, 3.63) is 70.8 Å². The maximum Gasteiger partial charge on any atom is 0.0832 e. The summed E-state index contributed by atoms with van der Waals surface area (Å²) in [5.41, 5.74) is 5.58. The Morgan fingerprint density at radius 2 is 1.54 bits per heavy atom. The molecule has 1 fully saturated rings. The quantitative estimate of drug-likeness (QED) is 0.911. The second kappa shape index (κ2) is 6.67. The first kappa shape index (κ1) is 15.8. The summed E-state index contributed by atoms with van der Waals surface area (Å²) >= 11 is 0. The first-order chi connectivity index (χ1) is 11.8. The molecule has 3 nitrogen and oxygen atoms in total. The van der Waals surface area contributed by atoms with E-state index in [2.05, 4.69) is 65.7 Å². The van der Waals surface area contributed by atoms with Crippen LogP contribution in [0.3, 0.4) is 0 Å². The van der Waals surface area contributed by atoms with E-state index < -0.39 is 0 Å². The van der Waals surface area contributed by atoms with Crippen molar-refractivity contribution in [1.82, 2.24) is 10.2 Å². The average Bonchev–Trinajstić information content (AvgIpc) is 2.90. The molecule has 2 aromatic rings. The zero-order valence-electron chi connectivity index (χ0n) is 14.3. The number of aliphatic hydroxyl groups is 1. The summed E-state index contributed by atoms with van der Waals surface area (Å²) < 4.78 is 0. The smallest absolute Gasteiger partial charge is 0.0832 e. The highest BCUT2D eigenvalue weighted by Gasteiger charge is 2.34. The topological polar surface area (TPSA) is 35.5 Å². The highest BCUT2D eigenvalue weighted by Crippen LogP contribution is 2.33. The van der Waals surface area contributed by atoms with E-state index in [1.54, 1.807) is 0 Å². The predicted octanol–water partition coefficient (Wildman–Crippen LogP) is 2.53. The fraction of sp³-hybridized carbons (Fsp3) is 0.429. The van der Waals surface area contributed by atoms with Crippen LogP contribution in [0.25, 0.3) is 0 Å². The predicted molar refractivity (Wildman–Crippen MR) is 97.2 cm³/mol. The Morgan fingerprint density at radius 3 is 2.08 bits per heavy atom. The molecule has 0 radical (unpaired) electrons. The van der Waals surface area contributed by atoms with Gasteiger partial charge in [0.1, 0.15) is 0 Å². The zero-order valence-corrected chi connectivity index (χ0v) is 14.3. The molecular formula is C21H26N2O. The van der Waals surface area contributed by atoms with Gasteiger partial charge in [-0.15, -0.1) is 0 Å². The number of β-amino-alcohol motifs (C(OH)–C–C–N with tert-alkyl or cyclic N) is 1. The fourth-order valence-corrected chi connectivity index (χ4v) is 4.21. The van der Waals surface area contributed by atoms with Gasteiger partial charge in [-0.3, -0.25) is 10.2 Å². The molecule has 0 amide bonds. The first-order valence-electron chi connectivity index (χ1n) is 9.08. The van der Waals surface area contributed by atoms with E-state index in [1.165, 1.54) is 22.3 Å². The maximum atomic E-state index is 10.5. The summed E-state index contributed by atoms with van der Waals surface area (Å²) in [7, 11) is 0. The molecule has 1 aliphatic heterocycles. The van der Waals surface area contributed by atoms with Gasteiger partial charge in [-0.1, -0.05) is 55.5 Å². The van der Waals surface area contributed by atoms with E-state index in [1.807, 2.05) is 0 Å². The van der Waals surface area contributed by atoms with E-state index in [9.17, 15) is 5.11 Å². The van der Waals surface area contributed by atoms with Gasteiger partial charge < -0.3 is 5.11 Å². The molecule has 0 unspecified atom stereocenters. The number of fused-ring (bicyclic) bond motifs is 2. The molecule has 1 saturated heterocycles. The zero-order chi connectivity index (χ0) is 16.5. The molecule has 4 rings (SSSR count). The molecule has 0 bridgehead atoms. The number of hydrogen-bond donors (Lipinski definition) is 2. The molecule has 1 aliphatic carbocycles. The Labute approximate surface area is 144 Å². The standard InChI is InChI=1S/C21H26N2O/c1-2-23-13-19(20(24)14-23)22-21-17-9-5-3-7-15(17)11-12-16-8-4-6-10-18(16)21/h3-10,19-22,24H,2,11-14H2,1H3/t19-,20-/m1/s1. The van der Waals surface area contributed by atoms with Crippen molar-refractivity contribution >= 4 is 0 Å². The van der Waals surface area contributed by atoms with Crippen molar-refractivity contribution in [2.45, 2.75) is 38.0 Å². The number of rotatable bonds is 3. The van der Waals surface area contributed by atoms with Gasteiger partial charge in [0.05, 0.1) is 12.1 Å². The Morgan fingerprint density at radius 1 is 0.958 bits per heavy atom. The van der Waals surface area contributed by atoms with Gasteiger partial charge in [-0.05, 0) is 41.6 Å². The second-order valence-corrected chi connectivity index (χ2v) is 7.02. The summed E-state index contributed by atoms with van der Waals surface area (Å²) in [4.78, 5) is 2.32. The summed E-state index contributed by atoms with van der Waals surface area (Å²) in [6.45, 7) is 4.83. The normalized spacial score (nSPS) is 24.4. The SMILES string of the molecule is CCN1C[C@@H](O)[C@H](NC2c3ccccc3CCc3ccccc32)C1. The summed E-state index contributed by atoms with van der Waals surface area (Å²) in [6.07, 6.45) is 1.87. The van der Waals surface area contributed by atoms with Crippen molar-refractivity contribution in [2.75, 3.05) is 19.6 Å². The Balaban J connectivity index is 1.71. The Kier molecular flexibility index (Phi) is 4.40. The molecule has 2 N–H and O–H groups in total. The van der Waals surface area contributed by atoms with Crippen LogP contribution in [0.2, 0.25) is 0 Å². The van der Waals surface area contributed by atoms with E-state index in [0.717, 1.165) is 32.5 Å². The van der Waals surface area contributed by atoms with Crippen LogP contribution in [0.15, 0.2) is 48.5 Å². The molecule has 126 valence electrons. The lowest BCUT2D eigenvalue weighted by atomic mass is 9.93. The lowest BCUT2D eigenvalue weighted by Gasteiger charge is -2.27. The minimum absolute atomic E-state index is 0.120. The molecule has 3 heteroatoms. The molecule has 2 aliphatic rings. The Hall–Kier alpha value is -1.68. The minimum atomic E-state index is -0.299. The van der Waals surface area contributed by atoms with E-state index in [-0.39, 0.29) is 18.2 Å². The number of benzene rings is 2. The van der Waals surface area contributed by atoms with Crippen LogP contribution in [0, 0.1) is 0 Å². The van der Waals surface area contributed by atoms with Crippen molar-refractivity contribution in [1.29, 1.82) is 0 Å². The minimum Gasteiger partial charge on any atom is -0.390 e. The van der Waals surface area contributed by atoms with Crippen LogP contribution in [-0.2, 0) is 12.8 Å². The molecule has 0 aromatic heterocycles. The second-order valence-electron chi connectivity index (χ2n) is 7.02. The van der Waals surface area contributed by atoms with Crippen molar-refractivity contribution in [3.63, 3.8) is 0 Å². The van der Waals surface area contributed by atoms with Gasteiger partial charge in [0.2, 0.25) is 0 Å². The van der Waals surface area contributed by atoms with E-state index >= 15 is 0 Å². The van der Waals surface area contributed by atoms with Gasteiger partial charge in [0.25, 0.3) is 0 Å². The van der Waals surface area contributed by atoms with E-state index in [4.69, 9.17) is 0 Å². The average molecular weight is 322 g/mol. The highest BCUT2D eigenvalue weighted by atomic mass is 16.3. The fourth-order valence-electron chi connectivity index (χ4n) is 4.21. The van der Waals surface area contributed by atoms with Crippen LogP contribution >= 0.6 is 0 Å². The van der Waals surface area contributed by atoms with Crippen molar-refractivity contribution in [3.8, 4) is 0 Å². The van der Waals surface area contributed by atoms with Crippen LogP contribution in [0.5, 0.6) is 0 Å². The lowest BCUT2D eigenvalue weighted by Crippen LogP contribution is -2.42. The molecule has 0 spiro atoms. The summed E-state index contributed by atoms with van der Waals surface area (Å²) in [5, 5.41) is 14.3. The molecular weight excluding hydrogens is 296 g/mol. The van der Waals surface area contributed by atoms with Gasteiger partial charge in [0.15, 0.2) is 0 Å². The number of aliphatic hydroxyl groups excluding tert-OH is 1. The Bertz CT molecular complexity index is 667. The number of likely N-dealkylation sites (N-methyl/N-ethyl adjacent to an activating group) is 1. The van der Waals surface area contributed by atoms with Crippen molar-refractivity contribution < 1.29 is 5.11 Å². The van der Waals surface area contributed by atoms with Gasteiger partial charge in [-0.25, -0.2) is 0 Å². The number of likely N-dealkylation sites (tertiary alicyclic amines) is 1. The number of nitrogens with one attached hydrogen (secondary N) is 1. The number of hydrogen-bond acceptors (Lipinski definition) is 3. The first-order valence-corrected chi connectivity index (χ1v) is 9.08. The van der Waals surface area contributed by atoms with Gasteiger partial charge >= 0.3 is 0 Å². The number of nitrogens with zero attached hydrogens (tertiary/aromatic N) is 1. The number of aryl methyl sites for hydroxylation is 2. The van der Waals surface area contributed by atoms with Crippen LogP contribution in [-0.4, -0.2) is 41.8 Å². The van der Waals surface area contributed by atoms with Crippen LogP contribution in [0.4, 0.5) is 0 Å². The van der Waals surface area contributed by atoms with Gasteiger partial charge in [0, 0.05) is 19.1 Å². The van der Waals surface area contributed by atoms with Gasteiger partial charge in [-0.2, -0.15) is 0 Å². The van der Waals surface area contributed by atoms with Crippen molar-refractivity contribution in [2.24, 2.45) is 0 Å². The summed E-state index contributed by atoms with van der Waals surface area (Å²) in [6, 6.07) is 17.8. The van der Waals surface area contributed by atoms with Crippen LogP contribution in [0.1, 0.15) is 35.2 Å². The monoisotopic (exact) mass is 322 g/mol. The largest absolute Gasteiger partial charge is 0.390 e. The third kappa shape index (κ3) is 2.88. The molecule has 0 saturated carbocycles. The third-order valence-electron chi connectivity index (χ3n) is 5.59. The molecule has 2 aromatic carbocycles. The van der Waals surface area contributed by atoms with E-state index in [0.29, 0.717) is 0 Å². The maximum absolute atomic E-state index is 10.5. The molecule has 1 heterocycles. The molecule has 2 atom stereocenters. The molecule has 24 heavy (non-hydrogen) atoms. The summed E-state index contributed by atoms with van der Waals surface area (Å²) in [5.74, 6) is 0.